The number of aryl methyl sites for hydroxylation is 1. The molecule has 3 aromatic carbocycles. The molecule has 1 aliphatic heterocycles. The molecule has 0 radical (unpaired) electrons. The minimum atomic E-state index is -0.276. The van der Waals surface area contributed by atoms with Crippen molar-refractivity contribution < 1.29 is 19.5 Å². The predicted molar refractivity (Wildman–Crippen MR) is 160 cm³/mol. The van der Waals surface area contributed by atoms with Gasteiger partial charge in [0.1, 0.15) is 5.75 Å². The molecule has 0 spiro atoms. The van der Waals surface area contributed by atoms with Gasteiger partial charge in [-0.25, -0.2) is 0 Å². The number of aromatic amines is 1. The topological polar surface area (TPSA) is 123 Å². The molecule has 0 bridgehead atoms. The number of aromatic nitrogens is 1. The molecule has 8 nitrogen and oxygen atoms in total. The van der Waals surface area contributed by atoms with E-state index in [0.29, 0.717) is 52.3 Å². The zero-order valence-corrected chi connectivity index (χ0v) is 23.2. The predicted octanol–water partition coefficient (Wildman–Crippen LogP) is 5.29. The van der Waals surface area contributed by atoms with Crippen LogP contribution in [0.25, 0.3) is 11.6 Å². The van der Waals surface area contributed by atoms with Crippen LogP contribution in [0.5, 0.6) is 5.75 Å². The number of nitrogens with one attached hydrogen (secondary N) is 4. The molecule has 1 atom stereocenters. The Labute approximate surface area is 238 Å². The molecule has 0 fully saturated rings. The fourth-order valence-electron chi connectivity index (χ4n) is 5.05. The summed E-state index contributed by atoms with van der Waals surface area (Å²) in [5.41, 5.74) is 6.71. The van der Waals surface area contributed by atoms with Gasteiger partial charge in [-0.05, 0) is 80.3 Å². The molecule has 1 aromatic heterocycles. The zero-order chi connectivity index (χ0) is 29.1. The Bertz CT molecular complexity index is 1650. The number of hydrogen-bond donors (Lipinski definition) is 5. The van der Waals surface area contributed by atoms with E-state index >= 15 is 0 Å². The third-order valence-corrected chi connectivity index (χ3v) is 7.34. The molecule has 3 amide bonds. The number of fused-ring (bicyclic) bond motifs is 1. The number of amides is 3. The monoisotopic (exact) mass is 548 g/mol. The van der Waals surface area contributed by atoms with Gasteiger partial charge in [0, 0.05) is 34.7 Å². The van der Waals surface area contributed by atoms with Gasteiger partial charge in [0.2, 0.25) is 0 Å². The molecular formula is C33H32N4O4. The van der Waals surface area contributed by atoms with Crippen molar-refractivity contribution in [3.8, 4) is 5.75 Å². The summed E-state index contributed by atoms with van der Waals surface area (Å²) in [6, 6.07) is 21.6. The van der Waals surface area contributed by atoms with Gasteiger partial charge in [-0.2, -0.15) is 0 Å². The van der Waals surface area contributed by atoms with Crippen LogP contribution in [-0.2, 0) is 11.2 Å². The molecular weight excluding hydrogens is 516 g/mol. The van der Waals surface area contributed by atoms with Crippen LogP contribution in [0.3, 0.4) is 0 Å². The maximum Gasteiger partial charge on any atom is 0.256 e. The minimum Gasteiger partial charge on any atom is -0.508 e. The van der Waals surface area contributed by atoms with Crippen molar-refractivity contribution in [2.45, 2.75) is 33.2 Å². The minimum absolute atomic E-state index is 0.179. The number of aromatic hydroxyl groups is 1. The number of H-pyrrole nitrogens is 1. The largest absolute Gasteiger partial charge is 0.508 e. The smallest absolute Gasteiger partial charge is 0.256 e. The Morgan fingerprint density at radius 1 is 0.976 bits per heavy atom. The maximum absolute atomic E-state index is 13.0. The standard InChI is InChI=1S/C33H32N4O4/c1-19-29(35-21(3)30(19)33(41)34-16-15-22-9-12-25(38)13-10-22)18-27-26-17-24(11-14-28(26)37-32(27)40)31(39)36-20(2)23-7-5-4-6-8-23/h4-14,17-18,20,35,38H,15-16H2,1-3H3,(H,34,41)(H,36,39)(H,37,40)/b27-18-/t20-/m1/s1. The molecule has 0 saturated heterocycles. The highest BCUT2D eigenvalue weighted by molar-refractivity contribution is 6.35. The SMILES string of the molecule is Cc1[nH]c(/C=C2\C(=O)Nc3ccc(C(=O)N[C@H](C)c4ccccc4)cc32)c(C)c1C(=O)NCCc1ccc(O)cc1. The van der Waals surface area contributed by atoms with Crippen LogP contribution in [0, 0.1) is 13.8 Å². The maximum atomic E-state index is 13.0. The summed E-state index contributed by atoms with van der Waals surface area (Å²) >= 11 is 0. The Morgan fingerprint density at radius 3 is 2.44 bits per heavy atom. The van der Waals surface area contributed by atoms with Crippen molar-refractivity contribution in [2.24, 2.45) is 0 Å². The lowest BCUT2D eigenvalue weighted by molar-refractivity contribution is -0.110. The van der Waals surface area contributed by atoms with Crippen molar-refractivity contribution in [3.63, 3.8) is 0 Å². The third-order valence-electron chi connectivity index (χ3n) is 7.34. The third kappa shape index (κ3) is 5.91. The van der Waals surface area contributed by atoms with Crippen LogP contribution in [-0.4, -0.2) is 34.4 Å². The van der Waals surface area contributed by atoms with Gasteiger partial charge >= 0.3 is 0 Å². The van der Waals surface area contributed by atoms with Crippen molar-refractivity contribution in [1.82, 2.24) is 15.6 Å². The Morgan fingerprint density at radius 2 is 1.71 bits per heavy atom. The van der Waals surface area contributed by atoms with E-state index in [9.17, 15) is 19.5 Å². The van der Waals surface area contributed by atoms with Crippen LogP contribution in [0.4, 0.5) is 5.69 Å². The van der Waals surface area contributed by atoms with E-state index in [-0.39, 0.29) is 29.5 Å². The number of rotatable bonds is 8. The number of hydrogen-bond acceptors (Lipinski definition) is 4. The van der Waals surface area contributed by atoms with E-state index in [4.69, 9.17) is 0 Å². The second-order valence-electron chi connectivity index (χ2n) is 10.2. The molecule has 208 valence electrons. The summed E-state index contributed by atoms with van der Waals surface area (Å²) in [5.74, 6) is -0.515. The summed E-state index contributed by atoms with van der Waals surface area (Å²) in [5, 5.41) is 18.3. The zero-order valence-electron chi connectivity index (χ0n) is 23.2. The van der Waals surface area contributed by atoms with Crippen molar-refractivity contribution in [1.29, 1.82) is 0 Å². The van der Waals surface area contributed by atoms with Crippen LogP contribution in [0.15, 0.2) is 72.8 Å². The van der Waals surface area contributed by atoms with E-state index in [2.05, 4.69) is 20.9 Å². The lowest BCUT2D eigenvalue weighted by Crippen LogP contribution is -2.26. The number of carbonyl (C=O) groups excluding carboxylic acids is 3. The molecule has 1 aliphatic rings. The number of anilines is 1. The Balaban J connectivity index is 1.33. The summed E-state index contributed by atoms with van der Waals surface area (Å²) in [4.78, 5) is 42.3. The summed E-state index contributed by atoms with van der Waals surface area (Å²) in [6.07, 6.45) is 2.35. The van der Waals surface area contributed by atoms with Crippen molar-refractivity contribution in [3.05, 3.63) is 118 Å². The van der Waals surface area contributed by atoms with E-state index in [1.165, 1.54) is 0 Å². The summed E-state index contributed by atoms with van der Waals surface area (Å²) in [7, 11) is 0. The first-order chi connectivity index (χ1) is 19.7. The molecule has 41 heavy (non-hydrogen) atoms. The highest BCUT2D eigenvalue weighted by Crippen LogP contribution is 2.35. The fourth-order valence-corrected chi connectivity index (χ4v) is 5.05. The van der Waals surface area contributed by atoms with Crippen LogP contribution < -0.4 is 16.0 Å². The van der Waals surface area contributed by atoms with Gasteiger partial charge in [-0.1, -0.05) is 42.5 Å². The lowest BCUT2D eigenvalue weighted by atomic mass is 10.0. The van der Waals surface area contributed by atoms with Gasteiger partial charge in [-0.15, -0.1) is 0 Å². The first-order valence-electron chi connectivity index (χ1n) is 13.5. The van der Waals surface area contributed by atoms with Gasteiger partial charge in [0.05, 0.1) is 17.2 Å². The van der Waals surface area contributed by atoms with E-state index < -0.39 is 0 Å². The average Bonchev–Trinajstić information content (AvgIpc) is 3.43. The van der Waals surface area contributed by atoms with E-state index in [1.807, 2.05) is 63.2 Å². The molecule has 0 unspecified atom stereocenters. The normalized spacial score (nSPS) is 13.9. The number of phenols is 1. The molecule has 2 heterocycles. The summed E-state index contributed by atoms with van der Waals surface area (Å²) < 4.78 is 0. The van der Waals surface area contributed by atoms with E-state index in [0.717, 1.165) is 16.7 Å². The first-order valence-corrected chi connectivity index (χ1v) is 13.5. The molecule has 4 aromatic rings. The van der Waals surface area contributed by atoms with Gasteiger partial charge in [0.25, 0.3) is 17.7 Å². The number of benzene rings is 3. The Kier molecular flexibility index (Phi) is 7.74. The molecule has 8 heteroatoms. The molecule has 5 N–H and O–H groups in total. The average molecular weight is 549 g/mol. The van der Waals surface area contributed by atoms with Gasteiger partial charge < -0.3 is 26.0 Å². The highest BCUT2D eigenvalue weighted by Gasteiger charge is 2.27. The van der Waals surface area contributed by atoms with Crippen LogP contribution >= 0.6 is 0 Å². The second-order valence-corrected chi connectivity index (χ2v) is 10.2. The lowest BCUT2D eigenvalue weighted by Gasteiger charge is -2.14. The summed E-state index contributed by atoms with van der Waals surface area (Å²) in [6.45, 7) is 6.03. The van der Waals surface area contributed by atoms with Crippen molar-refractivity contribution in [2.75, 3.05) is 11.9 Å². The van der Waals surface area contributed by atoms with E-state index in [1.54, 1.807) is 36.4 Å². The van der Waals surface area contributed by atoms with Crippen LogP contribution in [0.2, 0.25) is 0 Å². The number of carbonyl (C=O) groups is 3. The van der Waals surface area contributed by atoms with Gasteiger partial charge in [-0.3, -0.25) is 14.4 Å². The highest BCUT2D eigenvalue weighted by atomic mass is 16.3. The quantitative estimate of drug-likeness (QED) is 0.192. The second kappa shape index (κ2) is 11.6. The van der Waals surface area contributed by atoms with Crippen LogP contribution in [0.1, 0.15) is 67.3 Å². The molecule has 0 aliphatic carbocycles. The number of phenolic OH excluding ortho intramolecular Hbond substituents is 1. The van der Waals surface area contributed by atoms with Gasteiger partial charge in [0.15, 0.2) is 0 Å². The first kappa shape index (κ1) is 27.5. The molecule has 5 rings (SSSR count). The Hall–Kier alpha value is -5.11. The van der Waals surface area contributed by atoms with Crippen molar-refractivity contribution >= 4 is 35.1 Å². The molecule has 0 saturated carbocycles. The fraction of sp³-hybridized carbons (Fsp3) is 0.182.